The molecular formula is C18H26N4O2. The molecule has 0 saturated carbocycles. The summed E-state index contributed by atoms with van der Waals surface area (Å²) in [5.74, 6) is 0. The summed E-state index contributed by atoms with van der Waals surface area (Å²) in [6.07, 6.45) is 3.83. The molecule has 0 aliphatic rings. The van der Waals surface area contributed by atoms with Gasteiger partial charge in [0.05, 0.1) is 16.0 Å². The fourth-order valence-electron chi connectivity index (χ4n) is 2.93. The molecule has 2 rings (SSSR count). The van der Waals surface area contributed by atoms with Crippen LogP contribution in [0.4, 0.5) is 11.4 Å². The number of anilines is 1. The highest BCUT2D eigenvalue weighted by Gasteiger charge is 2.15. The number of nitro groups is 1. The van der Waals surface area contributed by atoms with Crippen molar-refractivity contribution in [3.63, 3.8) is 0 Å². The van der Waals surface area contributed by atoms with Crippen LogP contribution in [0.15, 0.2) is 30.5 Å². The Balaban J connectivity index is 2.07. The van der Waals surface area contributed by atoms with Crippen LogP contribution >= 0.6 is 0 Å². The first-order valence-electron chi connectivity index (χ1n) is 8.57. The van der Waals surface area contributed by atoms with E-state index in [0.29, 0.717) is 10.9 Å². The van der Waals surface area contributed by atoms with E-state index in [1.807, 2.05) is 0 Å². The zero-order valence-corrected chi connectivity index (χ0v) is 14.7. The van der Waals surface area contributed by atoms with Crippen molar-refractivity contribution in [1.29, 1.82) is 0 Å². The van der Waals surface area contributed by atoms with Crippen molar-refractivity contribution in [2.45, 2.75) is 39.7 Å². The average Bonchev–Trinajstić information content (AvgIpc) is 2.58. The van der Waals surface area contributed by atoms with E-state index >= 15 is 0 Å². The van der Waals surface area contributed by atoms with Crippen LogP contribution in [-0.4, -0.2) is 40.5 Å². The summed E-state index contributed by atoms with van der Waals surface area (Å²) < 4.78 is 0. The van der Waals surface area contributed by atoms with Crippen molar-refractivity contribution in [2.24, 2.45) is 0 Å². The van der Waals surface area contributed by atoms with Gasteiger partial charge in [-0.2, -0.15) is 0 Å². The van der Waals surface area contributed by atoms with E-state index in [0.717, 1.165) is 38.2 Å². The first-order valence-corrected chi connectivity index (χ1v) is 8.57. The molecule has 2 aromatic rings. The van der Waals surface area contributed by atoms with Gasteiger partial charge in [-0.05, 0) is 57.6 Å². The maximum absolute atomic E-state index is 11.2. The molecule has 0 radical (unpaired) electrons. The van der Waals surface area contributed by atoms with E-state index in [1.54, 1.807) is 30.5 Å². The van der Waals surface area contributed by atoms with Gasteiger partial charge in [-0.15, -0.1) is 0 Å². The summed E-state index contributed by atoms with van der Waals surface area (Å²) in [6, 6.07) is 7.07. The van der Waals surface area contributed by atoms with Gasteiger partial charge in [-0.3, -0.25) is 15.1 Å². The summed E-state index contributed by atoms with van der Waals surface area (Å²) in [4.78, 5) is 17.6. The Hall–Kier alpha value is -2.21. The molecule has 6 heteroatoms. The first kappa shape index (κ1) is 18.1. The second-order valence-electron chi connectivity index (χ2n) is 6.00. The Morgan fingerprint density at radius 3 is 2.71 bits per heavy atom. The molecule has 1 aromatic heterocycles. The number of nitro benzene ring substituents is 1. The van der Waals surface area contributed by atoms with Gasteiger partial charge < -0.3 is 10.2 Å². The number of hydrogen-bond acceptors (Lipinski definition) is 5. The van der Waals surface area contributed by atoms with E-state index in [-0.39, 0.29) is 16.7 Å². The molecule has 0 aliphatic heterocycles. The molecular weight excluding hydrogens is 304 g/mol. The Kier molecular flexibility index (Phi) is 6.49. The highest BCUT2D eigenvalue weighted by Crippen LogP contribution is 2.30. The molecule has 0 fully saturated rings. The van der Waals surface area contributed by atoms with Gasteiger partial charge in [0.2, 0.25) is 0 Å². The highest BCUT2D eigenvalue weighted by molar-refractivity contribution is 5.96. The van der Waals surface area contributed by atoms with Crippen molar-refractivity contribution >= 4 is 22.3 Å². The van der Waals surface area contributed by atoms with Crippen molar-refractivity contribution in [1.82, 2.24) is 9.88 Å². The molecule has 0 spiro atoms. The Bertz CT molecular complexity index is 686. The standard InChI is InChI=1S/C18H26N4O2/c1-4-21(5-2)13-7-8-14(3)20-16-10-11-17(22(23)24)15-9-6-12-19-18(15)16/h6,9-12,14,20H,4-5,7-8,13H2,1-3H3. The van der Waals surface area contributed by atoms with Gasteiger partial charge in [0.25, 0.3) is 5.69 Å². The minimum atomic E-state index is -0.360. The Morgan fingerprint density at radius 2 is 2.04 bits per heavy atom. The van der Waals surface area contributed by atoms with Crippen LogP contribution in [0.3, 0.4) is 0 Å². The van der Waals surface area contributed by atoms with Gasteiger partial charge in [0, 0.05) is 18.3 Å². The van der Waals surface area contributed by atoms with Crippen LogP contribution in [-0.2, 0) is 0 Å². The number of hydrogen-bond donors (Lipinski definition) is 1. The summed E-state index contributed by atoms with van der Waals surface area (Å²) in [6.45, 7) is 9.75. The van der Waals surface area contributed by atoms with Crippen LogP contribution in [0, 0.1) is 10.1 Å². The Morgan fingerprint density at radius 1 is 1.29 bits per heavy atom. The van der Waals surface area contributed by atoms with Crippen LogP contribution in [0.2, 0.25) is 0 Å². The second-order valence-corrected chi connectivity index (χ2v) is 6.00. The third kappa shape index (κ3) is 4.41. The van der Waals surface area contributed by atoms with Gasteiger partial charge in [0.15, 0.2) is 0 Å². The maximum Gasteiger partial charge on any atom is 0.278 e. The molecule has 6 nitrogen and oxygen atoms in total. The largest absolute Gasteiger partial charge is 0.381 e. The van der Waals surface area contributed by atoms with E-state index in [2.05, 4.69) is 36.0 Å². The number of nitrogens with zero attached hydrogens (tertiary/aromatic N) is 3. The summed E-state index contributed by atoms with van der Waals surface area (Å²) >= 11 is 0. The monoisotopic (exact) mass is 330 g/mol. The van der Waals surface area contributed by atoms with Crippen molar-refractivity contribution in [2.75, 3.05) is 25.0 Å². The molecule has 24 heavy (non-hydrogen) atoms. The lowest BCUT2D eigenvalue weighted by Crippen LogP contribution is -2.25. The predicted molar refractivity (Wildman–Crippen MR) is 98.5 cm³/mol. The number of rotatable bonds is 9. The highest BCUT2D eigenvalue weighted by atomic mass is 16.6. The fraction of sp³-hybridized carbons (Fsp3) is 0.500. The average molecular weight is 330 g/mol. The van der Waals surface area contributed by atoms with Gasteiger partial charge in [-0.1, -0.05) is 13.8 Å². The third-order valence-corrected chi connectivity index (χ3v) is 4.35. The fourth-order valence-corrected chi connectivity index (χ4v) is 2.93. The lowest BCUT2D eigenvalue weighted by atomic mass is 10.1. The van der Waals surface area contributed by atoms with Gasteiger partial charge >= 0.3 is 0 Å². The van der Waals surface area contributed by atoms with Crippen molar-refractivity contribution in [3.05, 3.63) is 40.6 Å². The van der Waals surface area contributed by atoms with E-state index < -0.39 is 0 Å². The third-order valence-electron chi connectivity index (χ3n) is 4.35. The number of aromatic nitrogens is 1. The van der Waals surface area contributed by atoms with E-state index in [9.17, 15) is 10.1 Å². The number of nitrogens with one attached hydrogen (secondary N) is 1. The summed E-state index contributed by atoms with van der Waals surface area (Å²) in [5, 5.41) is 15.2. The maximum atomic E-state index is 11.2. The summed E-state index contributed by atoms with van der Waals surface area (Å²) in [5.41, 5.74) is 1.60. The predicted octanol–water partition coefficient (Wildman–Crippen LogP) is 4.07. The zero-order chi connectivity index (χ0) is 17.5. The zero-order valence-electron chi connectivity index (χ0n) is 14.7. The molecule has 1 unspecified atom stereocenters. The number of pyridine rings is 1. The molecule has 130 valence electrons. The number of fused-ring (bicyclic) bond motifs is 1. The van der Waals surface area contributed by atoms with Crippen molar-refractivity contribution < 1.29 is 4.92 Å². The summed E-state index contributed by atoms with van der Waals surface area (Å²) in [7, 11) is 0. The van der Waals surface area contributed by atoms with Gasteiger partial charge in [-0.25, -0.2) is 0 Å². The number of non-ortho nitro benzene ring substituents is 1. The van der Waals surface area contributed by atoms with Crippen molar-refractivity contribution in [3.8, 4) is 0 Å². The second kappa shape index (κ2) is 8.59. The molecule has 1 aromatic carbocycles. The first-order chi connectivity index (χ1) is 11.6. The molecule has 0 aliphatic carbocycles. The van der Waals surface area contributed by atoms with Crippen LogP contribution in [0.25, 0.3) is 10.9 Å². The smallest absolute Gasteiger partial charge is 0.278 e. The Labute approximate surface area is 143 Å². The minimum Gasteiger partial charge on any atom is -0.381 e. The lowest BCUT2D eigenvalue weighted by Gasteiger charge is -2.20. The van der Waals surface area contributed by atoms with Crippen LogP contribution in [0.1, 0.15) is 33.6 Å². The molecule has 0 bridgehead atoms. The molecule has 1 N–H and O–H groups in total. The molecule has 0 saturated heterocycles. The molecule has 0 amide bonds. The molecule has 1 atom stereocenters. The van der Waals surface area contributed by atoms with E-state index in [1.165, 1.54) is 0 Å². The van der Waals surface area contributed by atoms with E-state index in [4.69, 9.17) is 0 Å². The normalized spacial score (nSPS) is 12.5. The minimum absolute atomic E-state index is 0.0952. The van der Waals surface area contributed by atoms with Crippen LogP contribution in [0.5, 0.6) is 0 Å². The quantitative estimate of drug-likeness (QED) is 0.554. The van der Waals surface area contributed by atoms with Crippen LogP contribution < -0.4 is 5.32 Å². The topological polar surface area (TPSA) is 71.3 Å². The van der Waals surface area contributed by atoms with Gasteiger partial charge in [0.1, 0.15) is 5.52 Å². The number of benzene rings is 1. The lowest BCUT2D eigenvalue weighted by molar-refractivity contribution is -0.383. The molecule has 1 heterocycles. The SMILES string of the molecule is CCN(CC)CCCC(C)Nc1ccc([N+](=O)[O-])c2cccnc12.